The van der Waals surface area contributed by atoms with Crippen molar-refractivity contribution in [3.8, 4) is 0 Å². The molecule has 1 unspecified atom stereocenters. The molecule has 2 amide bonds. The van der Waals surface area contributed by atoms with Crippen LogP contribution in [0.4, 0.5) is 0 Å². The van der Waals surface area contributed by atoms with Crippen molar-refractivity contribution in [2.45, 2.75) is 24.3 Å². The van der Waals surface area contributed by atoms with E-state index in [9.17, 15) is 14.4 Å². The first-order valence-electron chi connectivity index (χ1n) is 5.89. The Bertz CT molecular complexity index is 519. The van der Waals surface area contributed by atoms with Crippen molar-refractivity contribution < 1.29 is 19.5 Å². The molecule has 0 saturated carbocycles. The van der Waals surface area contributed by atoms with E-state index in [0.717, 1.165) is 10.5 Å². The summed E-state index contributed by atoms with van der Waals surface area (Å²) < 4.78 is 0. The van der Waals surface area contributed by atoms with E-state index in [1.807, 2.05) is 31.2 Å². The zero-order valence-electron chi connectivity index (χ0n) is 11.0. The van der Waals surface area contributed by atoms with Gasteiger partial charge in [-0.25, -0.2) is 4.79 Å². The maximum Gasteiger partial charge on any atom is 0.326 e. The zero-order valence-corrected chi connectivity index (χ0v) is 11.8. The molecule has 20 heavy (non-hydrogen) atoms. The van der Waals surface area contributed by atoms with E-state index in [0.29, 0.717) is 0 Å². The monoisotopic (exact) mass is 296 g/mol. The molecule has 0 aromatic heterocycles. The topological polar surface area (TPSA) is 109 Å². The molecule has 0 fully saturated rings. The van der Waals surface area contributed by atoms with Gasteiger partial charge in [-0.05, 0) is 18.6 Å². The molecule has 0 saturated heterocycles. The van der Waals surface area contributed by atoms with Gasteiger partial charge in [0.1, 0.15) is 6.04 Å². The van der Waals surface area contributed by atoms with Crippen LogP contribution in [0.15, 0.2) is 29.2 Å². The number of nitrogens with two attached hydrogens (primary N) is 1. The number of carboxylic acids is 1. The van der Waals surface area contributed by atoms with Gasteiger partial charge in [0.2, 0.25) is 11.8 Å². The van der Waals surface area contributed by atoms with Crippen molar-refractivity contribution in [3.63, 3.8) is 0 Å². The highest BCUT2D eigenvalue weighted by Gasteiger charge is 2.22. The van der Waals surface area contributed by atoms with Gasteiger partial charge < -0.3 is 16.2 Å². The first-order chi connectivity index (χ1) is 9.40. The van der Waals surface area contributed by atoms with Gasteiger partial charge in [0.05, 0.1) is 12.2 Å². The second-order valence-electron chi connectivity index (χ2n) is 4.18. The maximum atomic E-state index is 11.7. The fraction of sp³-hybridized carbons (Fsp3) is 0.308. The summed E-state index contributed by atoms with van der Waals surface area (Å²) in [5.74, 6) is -2.43. The minimum absolute atomic E-state index is 0.0768. The maximum absolute atomic E-state index is 11.7. The van der Waals surface area contributed by atoms with Crippen molar-refractivity contribution in [1.29, 1.82) is 0 Å². The summed E-state index contributed by atoms with van der Waals surface area (Å²) in [6, 6.07) is 6.28. The first kappa shape index (κ1) is 16.0. The van der Waals surface area contributed by atoms with Crippen molar-refractivity contribution in [2.24, 2.45) is 5.73 Å². The van der Waals surface area contributed by atoms with Crippen LogP contribution in [0.2, 0.25) is 0 Å². The summed E-state index contributed by atoms with van der Waals surface area (Å²) in [6.45, 7) is 1.92. The number of thioether (sulfide) groups is 1. The highest BCUT2D eigenvalue weighted by Crippen LogP contribution is 2.21. The third-order valence-electron chi connectivity index (χ3n) is 2.49. The molecule has 0 aliphatic carbocycles. The normalized spacial score (nSPS) is 11.7. The van der Waals surface area contributed by atoms with E-state index in [-0.39, 0.29) is 5.75 Å². The van der Waals surface area contributed by atoms with Crippen molar-refractivity contribution in [1.82, 2.24) is 5.32 Å². The standard InChI is InChI=1S/C13H16N2O4S/c1-8-4-2-3-5-10(8)20-7-12(17)15-9(13(18)19)6-11(14)16/h2-5,9H,6-7H2,1H3,(H2,14,16)(H,15,17)(H,18,19). The van der Waals surface area contributed by atoms with E-state index in [2.05, 4.69) is 5.32 Å². The van der Waals surface area contributed by atoms with Crippen molar-refractivity contribution in [2.75, 3.05) is 5.75 Å². The lowest BCUT2D eigenvalue weighted by Gasteiger charge is -2.12. The molecule has 108 valence electrons. The van der Waals surface area contributed by atoms with Crippen LogP contribution < -0.4 is 11.1 Å². The Hall–Kier alpha value is -2.02. The number of primary amides is 1. The van der Waals surface area contributed by atoms with Gasteiger partial charge in [0.15, 0.2) is 0 Å². The number of amides is 2. The molecule has 1 rings (SSSR count). The van der Waals surface area contributed by atoms with E-state index in [4.69, 9.17) is 10.8 Å². The quantitative estimate of drug-likeness (QED) is 0.636. The van der Waals surface area contributed by atoms with E-state index < -0.39 is 30.2 Å². The Morgan fingerprint density at radius 3 is 2.55 bits per heavy atom. The van der Waals surface area contributed by atoms with Gasteiger partial charge >= 0.3 is 5.97 Å². The molecule has 0 aliphatic heterocycles. The molecule has 6 nitrogen and oxygen atoms in total. The van der Waals surface area contributed by atoms with Crippen molar-refractivity contribution >= 4 is 29.5 Å². The number of aliphatic carboxylic acids is 1. The molecule has 0 heterocycles. The SMILES string of the molecule is Cc1ccccc1SCC(=O)NC(CC(N)=O)C(=O)O. The molecular weight excluding hydrogens is 280 g/mol. The third-order valence-corrected chi connectivity index (χ3v) is 3.67. The van der Waals surface area contributed by atoms with E-state index in [1.54, 1.807) is 0 Å². The summed E-state index contributed by atoms with van der Waals surface area (Å²) >= 11 is 1.31. The van der Waals surface area contributed by atoms with Crippen LogP contribution in [-0.4, -0.2) is 34.7 Å². The van der Waals surface area contributed by atoms with Crippen molar-refractivity contribution in [3.05, 3.63) is 29.8 Å². The van der Waals surface area contributed by atoms with Crippen LogP contribution in [0.25, 0.3) is 0 Å². The van der Waals surface area contributed by atoms with Gasteiger partial charge in [-0.2, -0.15) is 0 Å². The van der Waals surface area contributed by atoms with Gasteiger partial charge in [0.25, 0.3) is 0 Å². The zero-order chi connectivity index (χ0) is 15.1. The molecule has 0 radical (unpaired) electrons. The summed E-state index contributed by atoms with van der Waals surface area (Å²) in [6.07, 6.45) is -0.421. The predicted molar refractivity (Wildman–Crippen MR) is 75.3 cm³/mol. The summed E-state index contributed by atoms with van der Waals surface area (Å²) in [5.41, 5.74) is 5.97. The number of nitrogens with one attached hydrogen (secondary N) is 1. The summed E-state index contributed by atoms with van der Waals surface area (Å²) in [5, 5.41) is 11.1. The minimum atomic E-state index is -1.28. The lowest BCUT2D eigenvalue weighted by molar-refractivity contribution is -0.143. The lowest BCUT2D eigenvalue weighted by Crippen LogP contribution is -2.44. The Kier molecular flexibility index (Phi) is 6.05. The number of carbonyl (C=O) groups excluding carboxylic acids is 2. The fourth-order valence-corrected chi connectivity index (χ4v) is 2.34. The van der Waals surface area contributed by atoms with E-state index >= 15 is 0 Å². The molecule has 0 aliphatic rings. The number of benzene rings is 1. The molecule has 4 N–H and O–H groups in total. The molecule has 1 aromatic carbocycles. The van der Waals surface area contributed by atoms with Crippen LogP contribution >= 0.6 is 11.8 Å². The average Bonchev–Trinajstić information content (AvgIpc) is 2.36. The van der Waals surface area contributed by atoms with E-state index in [1.165, 1.54) is 11.8 Å². The number of aryl methyl sites for hydroxylation is 1. The average molecular weight is 296 g/mol. The number of hydrogen-bond donors (Lipinski definition) is 3. The number of rotatable bonds is 7. The smallest absolute Gasteiger partial charge is 0.326 e. The Morgan fingerprint density at radius 2 is 2.00 bits per heavy atom. The third kappa shape index (κ3) is 5.31. The van der Waals surface area contributed by atoms with Crippen LogP contribution in [0.5, 0.6) is 0 Å². The number of carbonyl (C=O) groups is 3. The summed E-state index contributed by atoms with van der Waals surface area (Å²) in [7, 11) is 0. The molecule has 0 bridgehead atoms. The number of hydrogen-bond acceptors (Lipinski definition) is 4. The van der Waals surface area contributed by atoms with Crippen LogP contribution in [0.3, 0.4) is 0 Å². The molecule has 0 spiro atoms. The van der Waals surface area contributed by atoms with Crippen LogP contribution in [0.1, 0.15) is 12.0 Å². The first-order valence-corrected chi connectivity index (χ1v) is 6.87. The molecular formula is C13H16N2O4S. The summed E-state index contributed by atoms with van der Waals surface area (Å²) in [4.78, 5) is 34.2. The van der Waals surface area contributed by atoms with Crippen LogP contribution in [-0.2, 0) is 14.4 Å². The highest BCUT2D eigenvalue weighted by atomic mass is 32.2. The van der Waals surface area contributed by atoms with Gasteiger partial charge in [-0.15, -0.1) is 11.8 Å². The second kappa shape index (κ2) is 7.54. The number of carboxylic acid groups (broad SMARTS) is 1. The molecule has 7 heteroatoms. The Morgan fingerprint density at radius 1 is 1.35 bits per heavy atom. The van der Waals surface area contributed by atoms with Gasteiger partial charge in [-0.1, -0.05) is 18.2 Å². The van der Waals surface area contributed by atoms with Crippen LogP contribution in [0, 0.1) is 6.92 Å². The largest absolute Gasteiger partial charge is 0.480 e. The Labute approximate surface area is 120 Å². The minimum Gasteiger partial charge on any atom is -0.480 e. The Balaban J connectivity index is 2.52. The highest BCUT2D eigenvalue weighted by molar-refractivity contribution is 8.00. The second-order valence-corrected chi connectivity index (χ2v) is 5.20. The van der Waals surface area contributed by atoms with Gasteiger partial charge in [-0.3, -0.25) is 9.59 Å². The predicted octanol–water partition coefficient (Wildman–Crippen LogP) is 0.532. The fourth-order valence-electron chi connectivity index (χ4n) is 1.50. The lowest BCUT2D eigenvalue weighted by atomic mass is 10.2. The molecule has 1 aromatic rings. The van der Waals surface area contributed by atoms with Gasteiger partial charge in [0, 0.05) is 4.90 Å². The molecule has 1 atom stereocenters.